The van der Waals surface area contributed by atoms with Crippen LogP contribution in [-0.4, -0.2) is 33.8 Å². The number of H-pyrrole nitrogens is 1. The summed E-state index contributed by atoms with van der Waals surface area (Å²) in [7, 11) is 0. The van der Waals surface area contributed by atoms with Gasteiger partial charge in [-0.15, -0.1) is 0 Å². The van der Waals surface area contributed by atoms with E-state index >= 15 is 0 Å². The number of aromatic nitrogens is 2. The zero-order valence-electron chi connectivity index (χ0n) is 10.4. The number of aromatic amines is 1. The lowest BCUT2D eigenvalue weighted by molar-refractivity contribution is 0.0481. The van der Waals surface area contributed by atoms with Crippen LogP contribution in [0.15, 0.2) is 10.9 Å². The number of anilines is 1. The number of aryl methyl sites for hydroxylation is 1. The highest BCUT2D eigenvalue weighted by Crippen LogP contribution is 2.23. The maximum Gasteiger partial charge on any atom is 0.252 e. The SMILES string of the molecule is Cc1nc(N2CCCC(C)(O)CC2)cc(=O)[nH]1. The number of nitrogens with zero attached hydrogens (tertiary/aromatic N) is 2. The molecular formula is C12H19N3O2. The van der Waals surface area contributed by atoms with Gasteiger partial charge < -0.3 is 15.0 Å². The molecule has 1 saturated heterocycles. The Kier molecular flexibility index (Phi) is 3.19. The van der Waals surface area contributed by atoms with Gasteiger partial charge in [0, 0.05) is 19.2 Å². The van der Waals surface area contributed by atoms with Gasteiger partial charge >= 0.3 is 0 Å². The second-order valence-corrected chi connectivity index (χ2v) is 5.03. The molecule has 2 N–H and O–H groups in total. The van der Waals surface area contributed by atoms with E-state index in [1.165, 1.54) is 6.07 Å². The molecule has 0 saturated carbocycles. The van der Waals surface area contributed by atoms with Crippen molar-refractivity contribution in [3.8, 4) is 0 Å². The first-order valence-corrected chi connectivity index (χ1v) is 6.02. The molecule has 2 rings (SSSR count). The van der Waals surface area contributed by atoms with Gasteiger partial charge in [-0.05, 0) is 33.1 Å². The minimum atomic E-state index is -0.592. The maximum absolute atomic E-state index is 11.4. The van der Waals surface area contributed by atoms with Crippen LogP contribution in [0, 0.1) is 6.92 Å². The fourth-order valence-electron chi connectivity index (χ4n) is 2.22. The Morgan fingerprint density at radius 1 is 1.47 bits per heavy atom. The number of aliphatic hydroxyl groups is 1. The fraction of sp³-hybridized carbons (Fsp3) is 0.667. The second-order valence-electron chi connectivity index (χ2n) is 5.03. The van der Waals surface area contributed by atoms with E-state index in [9.17, 15) is 9.90 Å². The molecule has 1 fully saturated rings. The van der Waals surface area contributed by atoms with Crippen molar-refractivity contribution in [3.05, 3.63) is 22.2 Å². The minimum Gasteiger partial charge on any atom is -0.390 e. The highest BCUT2D eigenvalue weighted by molar-refractivity contribution is 5.37. The first-order valence-electron chi connectivity index (χ1n) is 6.02. The third-order valence-electron chi connectivity index (χ3n) is 3.23. The summed E-state index contributed by atoms with van der Waals surface area (Å²) < 4.78 is 0. The van der Waals surface area contributed by atoms with Gasteiger partial charge in [-0.2, -0.15) is 0 Å². The van der Waals surface area contributed by atoms with Gasteiger partial charge in [0.2, 0.25) is 0 Å². The average Bonchev–Trinajstić information content (AvgIpc) is 2.38. The molecule has 1 atom stereocenters. The minimum absolute atomic E-state index is 0.122. The van der Waals surface area contributed by atoms with E-state index in [-0.39, 0.29) is 5.56 Å². The molecule has 5 heteroatoms. The highest BCUT2D eigenvalue weighted by atomic mass is 16.3. The molecule has 1 aromatic rings. The molecule has 17 heavy (non-hydrogen) atoms. The Morgan fingerprint density at radius 2 is 2.24 bits per heavy atom. The molecule has 1 aliphatic rings. The molecule has 0 spiro atoms. The van der Waals surface area contributed by atoms with Gasteiger partial charge in [-0.25, -0.2) is 4.98 Å². The molecule has 0 bridgehead atoms. The summed E-state index contributed by atoms with van der Waals surface area (Å²) in [6.07, 6.45) is 2.42. The lowest BCUT2D eigenvalue weighted by atomic mass is 9.98. The van der Waals surface area contributed by atoms with Crippen molar-refractivity contribution in [1.29, 1.82) is 0 Å². The van der Waals surface area contributed by atoms with E-state index in [2.05, 4.69) is 14.9 Å². The predicted octanol–water partition coefficient (Wildman–Crippen LogP) is 0.820. The number of rotatable bonds is 1. The van der Waals surface area contributed by atoms with Crippen molar-refractivity contribution in [2.45, 2.75) is 38.7 Å². The average molecular weight is 237 g/mol. The first kappa shape index (κ1) is 12.1. The quantitative estimate of drug-likeness (QED) is 0.758. The topological polar surface area (TPSA) is 69.2 Å². The van der Waals surface area contributed by atoms with E-state index in [1.807, 2.05) is 6.92 Å². The van der Waals surface area contributed by atoms with E-state index in [0.717, 1.165) is 25.9 Å². The van der Waals surface area contributed by atoms with Crippen LogP contribution < -0.4 is 10.5 Å². The van der Waals surface area contributed by atoms with Crippen LogP contribution in [0.2, 0.25) is 0 Å². The van der Waals surface area contributed by atoms with Crippen molar-refractivity contribution in [2.24, 2.45) is 0 Å². The predicted molar refractivity (Wildman–Crippen MR) is 66.3 cm³/mol. The fourth-order valence-corrected chi connectivity index (χ4v) is 2.22. The monoisotopic (exact) mass is 237 g/mol. The smallest absolute Gasteiger partial charge is 0.252 e. The highest BCUT2D eigenvalue weighted by Gasteiger charge is 2.25. The van der Waals surface area contributed by atoms with Gasteiger partial charge in [-0.1, -0.05) is 0 Å². The Hall–Kier alpha value is -1.36. The molecule has 94 valence electrons. The van der Waals surface area contributed by atoms with Crippen LogP contribution in [0.5, 0.6) is 0 Å². The first-order chi connectivity index (χ1) is 7.96. The molecular weight excluding hydrogens is 218 g/mol. The third kappa shape index (κ3) is 3.06. The molecule has 0 aromatic carbocycles. The van der Waals surface area contributed by atoms with Crippen molar-refractivity contribution in [1.82, 2.24) is 9.97 Å². The van der Waals surface area contributed by atoms with Crippen LogP contribution in [0.3, 0.4) is 0 Å². The standard InChI is InChI=1S/C12H19N3O2/c1-9-13-10(8-11(16)14-9)15-6-3-4-12(2,17)5-7-15/h8,17H,3-7H2,1-2H3,(H,13,14,16). The van der Waals surface area contributed by atoms with Gasteiger partial charge in [-0.3, -0.25) is 4.79 Å². The van der Waals surface area contributed by atoms with E-state index in [0.29, 0.717) is 18.1 Å². The van der Waals surface area contributed by atoms with Crippen molar-refractivity contribution in [2.75, 3.05) is 18.0 Å². The molecule has 0 radical (unpaired) electrons. The summed E-state index contributed by atoms with van der Waals surface area (Å²) in [6, 6.07) is 1.52. The number of nitrogens with one attached hydrogen (secondary N) is 1. The van der Waals surface area contributed by atoms with Crippen LogP contribution >= 0.6 is 0 Å². The Balaban J connectivity index is 2.19. The van der Waals surface area contributed by atoms with E-state index < -0.39 is 5.60 Å². The van der Waals surface area contributed by atoms with Crippen LogP contribution in [0.1, 0.15) is 32.0 Å². The summed E-state index contributed by atoms with van der Waals surface area (Å²) in [6.45, 7) is 5.22. The lowest BCUT2D eigenvalue weighted by Gasteiger charge is -2.23. The van der Waals surface area contributed by atoms with E-state index in [1.54, 1.807) is 6.92 Å². The van der Waals surface area contributed by atoms with Gasteiger partial charge in [0.25, 0.3) is 5.56 Å². The second kappa shape index (κ2) is 4.49. The van der Waals surface area contributed by atoms with Crippen LogP contribution in [0.4, 0.5) is 5.82 Å². The molecule has 1 aromatic heterocycles. The zero-order valence-corrected chi connectivity index (χ0v) is 10.4. The van der Waals surface area contributed by atoms with E-state index in [4.69, 9.17) is 0 Å². The number of hydrogen-bond donors (Lipinski definition) is 2. The zero-order chi connectivity index (χ0) is 12.5. The lowest BCUT2D eigenvalue weighted by Crippen LogP contribution is -2.29. The van der Waals surface area contributed by atoms with Crippen molar-refractivity contribution < 1.29 is 5.11 Å². The van der Waals surface area contributed by atoms with Gasteiger partial charge in [0.05, 0.1) is 5.60 Å². The summed E-state index contributed by atoms with van der Waals surface area (Å²) in [5.41, 5.74) is -0.714. The maximum atomic E-state index is 11.4. The van der Waals surface area contributed by atoms with Crippen LogP contribution in [-0.2, 0) is 0 Å². The van der Waals surface area contributed by atoms with Gasteiger partial charge in [0.15, 0.2) is 0 Å². The van der Waals surface area contributed by atoms with Crippen molar-refractivity contribution >= 4 is 5.82 Å². The van der Waals surface area contributed by atoms with Crippen molar-refractivity contribution in [3.63, 3.8) is 0 Å². The number of hydrogen-bond acceptors (Lipinski definition) is 4. The molecule has 0 aliphatic carbocycles. The largest absolute Gasteiger partial charge is 0.390 e. The molecule has 1 unspecified atom stereocenters. The Bertz CT molecular complexity index is 453. The Labute approximate surface area is 100 Å². The molecule has 0 amide bonds. The summed E-state index contributed by atoms with van der Waals surface area (Å²) in [4.78, 5) is 20.4. The normalized spacial score (nSPS) is 25.7. The van der Waals surface area contributed by atoms with Crippen LogP contribution in [0.25, 0.3) is 0 Å². The molecule has 2 heterocycles. The summed E-state index contributed by atoms with van der Waals surface area (Å²) in [5, 5.41) is 10.0. The summed E-state index contributed by atoms with van der Waals surface area (Å²) >= 11 is 0. The van der Waals surface area contributed by atoms with Gasteiger partial charge in [0.1, 0.15) is 11.6 Å². The third-order valence-corrected chi connectivity index (χ3v) is 3.23. The summed E-state index contributed by atoms with van der Waals surface area (Å²) in [5.74, 6) is 1.34. The molecule has 5 nitrogen and oxygen atoms in total. The Morgan fingerprint density at radius 3 is 2.94 bits per heavy atom. The molecule has 1 aliphatic heterocycles.